The van der Waals surface area contributed by atoms with E-state index >= 15 is 0 Å². The van der Waals surface area contributed by atoms with Gasteiger partial charge >= 0.3 is 0 Å². The van der Waals surface area contributed by atoms with E-state index in [0.717, 1.165) is 11.3 Å². The molecule has 0 saturated carbocycles. The van der Waals surface area contributed by atoms with Gasteiger partial charge in [0.1, 0.15) is 11.3 Å². The number of benzene rings is 2. The van der Waals surface area contributed by atoms with Gasteiger partial charge in [0, 0.05) is 22.8 Å². The van der Waals surface area contributed by atoms with Gasteiger partial charge in [-0.1, -0.05) is 66.8 Å². The number of furan rings is 1. The molecule has 1 heteroatoms. The highest BCUT2D eigenvalue weighted by molar-refractivity contribution is 5.93. The number of fused-ring (bicyclic) bond motifs is 5. The third-order valence-electron chi connectivity index (χ3n) is 5.18. The van der Waals surface area contributed by atoms with Crippen molar-refractivity contribution in [3.8, 4) is 11.1 Å². The van der Waals surface area contributed by atoms with Crippen LogP contribution in [0.25, 0.3) is 28.2 Å². The molecule has 1 aromatic heterocycles. The fourth-order valence-corrected chi connectivity index (χ4v) is 3.90. The van der Waals surface area contributed by atoms with Gasteiger partial charge in [-0.05, 0) is 35.7 Å². The third kappa shape index (κ3) is 1.94. The van der Waals surface area contributed by atoms with Crippen molar-refractivity contribution in [1.29, 1.82) is 0 Å². The molecule has 5 rings (SSSR count). The van der Waals surface area contributed by atoms with E-state index in [9.17, 15) is 0 Å². The van der Waals surface area contributed by atoms with E-state index < -0.39 is 0 Å². The zero-order chi connectivity index (χ0) is 16.1. The quantitative estimate of drug-likeness (QED) is 0.517. The lowest BCUT2D eigenvalue weighted by Crippen LogP contribution is -2.11. The highest BCUT2D eigenvalue weighted by Crippen LogP contribution is 2.43. The van der Waals surface area contributed by atoms with E-state index in [2.05, 4.69) is 85.8 Å². The molecule has 2 aliphatic carbocycles. The second kappa shape index (κ2) is 5.10. The first-order valence-electron chi connectivity index (χ1n) is 8.47. The van der Waals surface area contributed by atoms with Crippen molar-refractivity contribution in [1.82, 2.24) is 0 Å². The molecule has 0 spiro atoms. The summed E-state index contributed by atoms with van der Waals surface area (Å²) in [5, 5.41) is 1.21. The van der Waals surface area contributed by atoms with Crippen LogP contribution >= 0.6 is 0 Å². The number of aryl methyl sites for hydroxylation is 1. The van der Waals surface area contributed by atoms with Crippen LogP contribution in [0.15, 0.2) is 77.3 Å². The topological polar surface area (TPSA) is 13.1 Å². The normalized spacial score (nSPS) is 21.0. The molecular formula is C23H18O. The Balaban J connectivity index is 1.71. The average molecular weight is 310 g/mol. The molecule has 0 aliphatic heterocycles. The molecule has 2 aliphatic rings. The lowest BCUT2D eigenvalue weighted by atomic mass is 9.81. The van der Waals surface area contributed by atoms with Gasteiger partial charge in [0.2, 0.25) is 0 Å². The zero-order valence-electron chi connectivity index (χ0n) is 13.6. The molecule has 2 atom stereocenters. The first-order chi connectivity index (χ1) is 11.8. The summed E-state index contributed by atoms with van der Waals surface area (Å²) < 4.78 is 6.24. The van der Waals surface area contributed by atoms with Crippen molar-refractivity contribution in [2.24, 2.45) is 5.92 Å². The van der Waals surface area contributed by atoms with E-state index in [1.807, 2.05) is 0 Å². The summed E-state index contributed by atoms with van der Waals surface area (Å²) in [5.74, 6) is 1.84. The van der Waals surface area contributed by atoms with Crippen molar-refractivity contribution < 1.29 is 4.42 Å². The van der Waals surface area contributed by atoms with E-state index in [-0.39, 0.29) is 0 Å². The fourth-order valence-electron chi connectivity index (χ4n) is 3.90. The molecule has 116 valence electrons. The van der Waals surface area contributed by atoms with Gasteiger partial charge in [0.15, 0.2) is 0 Å². The van der Waals surface area contributed by atoms with Crippen molar-refractivity contribution in [2.45, 2.75) is 12.8 Å². The Kier molecular flexibility index (Phi) is 2.90. The summed E-state index contributed by atoms with van der Waals surface area (Å²) >= 11 is 0. The van der Waals surface area contributed by atoms with Crippen LogP contribution in [0.3, 0.4) is 0 Å². The van der Waals surface area contributed by atoms with Crippen molar-refractivity contribution in [3.63, 3.8) is 0 Å². The third-order valence-corrected chi connectivity index (χ3v) is 5.18. The summed E-state index contributed by atoms with van der Waals surface area (Å²) in [6, 6.07) is 15.1. The summed E-state index contributed by atoms with van der Waals surface area (Å²) in [5.41, 5.74) is 6.05. The van der Waals surface area contributed by atoms with Crippen LogP contribution in [-0.2, 0) is 0 Å². The summed E-state index contributed by atoms with van der Waals surface area (Å²) in [7, 11) is 0. The van der Waals surface area contributed by atoms with Crippen LogP contribution < -0.4 is 0 Å². The van der Waals surface area contributed by atoms with Crippen molar-refractivity contribution >= 4 is 17.0 Å². The number of hydrogen-bond donors (Lipinski definition) is 0. The Bertz CT molecular complexity index is 1030. The van der Waals surface area contributed by atoms with Crippen molar-refractivity contribution in [3.05, 3.63) is 89.7 Å². The minimum Gasteiger partial charge on any atom is -0.460 e. The minimum absolute atomic E-state index is 0.323. The van der Waals surface area contributed by atoms with Gasteiger partial charge in [-0.2, -0.15) is 0 Å². The first kappa shape index (κ1) is 13.6. The minimum atomic E-state index is 0.323. The molecule has 0 bridgehead atoms. The van der Waals surface area contributed by atoms with Crippen LogP contribution in [0.2, 0.25) is 0 Å². The molecular weight excluding hydrogens is 292 g/mol. The second-order valence-corrected chi connectivity index (χ2v) is 6.64. The van der Waals surface area contributed by atoms with E-state index in [1.165, 1.54) is 27.6 Å². The predicted octanol–water partition coefficient (Wildman–Crippen LogP) is 6.26. The van der Waals surface area contributed by atoms with Gasteiger partial charge in [0.05, 0.1) is 0 Å². The number of allylic oxidation sites excluding steroid dienone is 5. The smallest absolute Gasteiger partial charge is 0.134 e. The average Bonchev–Trinajstić information content (AvgIpc) is 3.00. The van der Waals surface area contributed by atoms with Crippen LogP contribution in [-0.4, -0.2) is 0 Å². The lowest BCUT2D eigenvalue weighted by molar-refractivity contribution is 0.492. The largest absolute Gasteiger partial charge is 0.460 e. The summed E-state index contributed by atoms with van der Waals surface area (Å²) in [4.78, 5) is 0. The molecule has 0 N–H and O–H groups in total. The zero-order valence-corrected chi connectivity index (χ0v) is 13.6. The molecule has 3 aromatic rings. The highest BCUT2D eigenvalue weighted by Gasteiger charge is 2.28. The predicted molar refractivity (Wildman–Crippen MR) is 99.9 cm³/mol. The van der Waals surface area contributed by atoms with Gasteiger partial charge in [-0.25, -0.2) is 0 Å². The Labute approximate surface area is 141 Å². The number of hydrogen-bond acceptors (Lipinski definition) is 1. The highest BCUT2D eigenvalue weighted by atomic mass is 16.3. The SMILES string of the molecule is Cc1ccccc1-c1ccc2oc3c(c2c1)C=CC1C=CC=CC31. The first-order valence-corrected chi connectivity index (χ1v) is 8.47. The molecule has 0 fully saturated rings. The molecule has 2 aromatic carbocycles. The fraction of sp³-hybridized carbons (Fsp3) is 0.130. The Morgan fingerprint density at radius 3 is 2.71 bits per heavy atom. The molecule has 0 amide bonds. The van der Waals surface area contributed by atoms with Gasteiger partial charge in [-0.15, -0.1) is 0 Å². The maximum absolute atomic E-state index is 6.24. The van der Waals surface area contributed by atoms with Gasteiger partial charge in [-0.3, -0.25) is 0 Å². The Morgan fingerprint density at radius 2 is 1.79 bits per heavy atom. The number of rotatable bonds is 1. The lowest BCUT2D eigenvalue weighted by Gasteiger charge is -2.23. The molecule has 1 heterocycles. The monoisotopic (exact) mass is 310 g/mol. The standard InChI is InChI=1S/C23H18O/c1-15-6-2-4-8-18(15)17-11-13-22-21(14-17)20-12-10-16-7-3-5-9-19(16)23(20)24-22/h2-14,16,19H,1H3. The molecule has 0 saturated heterocycles. The van der Waals surface area contributed by atoms with Gasteiger partial charge < -0.3 is 4.42 Å². The molecule has 24 heavy (non-hydrogen) atoms. The van der Waals surface area contributed by atoms with Crippen molar-refractivity contribution in [2.75, 3.05) is 0 Å². The van der Waals surface area contributed by atoms with Crippen LogP contribution in [0.4, 0.5) is 0 Å². The van der Waals surface area contributed by atoms with Crippen LogP contribution in [0.1, 0.15) is 22.8 Å². The van der Waals surface area contributed by atoms with E-state index in [0.29, 0.717) is 11.8 Å². The Hall–Kier alpha value is -2.80. The molecule has 0 radical (unpaired) electrons. The second-order valence-electron chi connectivity index (χ2n) is 6.64. The van der Waals surface area contributed by atoms with Gasteiger partial charge in [0.25, 0.3) is 0 Å². The van der Waals surface area contributed by atoms with Crippen LogP contribution in [0.5, 0.6) is 0 Å². The Morgan fingerprint density at radius 1 is 0.917 bits per heavy atom. The summed E-state index contributed by atoms with van der Waals surface area (Å²) in [6.45, 7) is 2.16. The van der Waals surface area contributed by atoms with Crippen LogP contribution in [0, 0.1) is 12.8 Å². The maximum Gasteiger partial charge on any atom is 0.134 e. The molecule has 2 unspecified atom stereocenters. The molecule has 1 nitrogen and oxygen atoms in total. The maximum atomic E-state index is 6.24. The van der Waals surface area contributed by atoms with E-state index in [4.69, 9.17) is 4.42 Å². The van der Waals surface area contributed by atoms with E-state index in [1.54, 1.807) is 0 Å². The summed E-state index contributed by atoms with van der Waals surface area (Å²) in [6.07, 6.45) is 13.3.